The van der Waals surface area contributed by atoms with Gasteiger partial charge in [-0.15, -0.1) is 0 Å². The van der Waals surface area contributed by atoms with Crippen LogP contribution in [0.25, 0.3) is 0 Å². The topological polar surface area (TPSA) is 66.5 Å². The number of para-hydroxylation sites is 2. The molecule has 0 atom stereocenters. The van der Waals surface area contributed by atoms with Crippen molar-refractivity contribution in [3.05, 3.63) is 60.7 Å². The van der Waals surface area contributed by atoms with Gasteiger partial charge in [-0.3, -0.25) is 0 Å². The molecule has 2 aromatic rings. The first kappa shape index (κ1) is 15.9. The molecule has 0 spiro atoms. The number of benzene rings is 2. The molecule has 0 saturated carbocycles. The Hall–Kier alpha value is -2.07. The predicted molar refractivity (Wildman–Crippen MR) is 78.7 cm³/mol. The molecule has 0 aliphatic rings. The molecule has 18 heavy (non-hydrogen) atoms. The van der Waals surface area contributed by atoms with Gasteiger partial charge in [-0.25, -0.2) is 0 Å². The van der Waals surface area contributed by atoms with E-state index in [1.165, 1.54) is 0 Å². The van der Waals surface area contributed by atoms with E-state index in [-0.39, 0.29) is 0 Å². The number of hydrogen-bond donors (Lipinski definition) is 3. The van der Waals surface area contributed by atoms with Crippen LogP contribution in [0.15, 0.2) is 60.7 Å². The molecule has 2 aromatic carbocycles. The average Bonchev–Trinajstić information content (AvgIpc) is 2.31. The number of thiocarbonyl (C=S) groups is 1. The molecule has 0 saturated heterocycles. The summed E-state index contributed by atoms with van der Waals surface area (Å²) in [7, 11) is 0. The van der Waals surface area contributed by atoms with E-state index in [1.54, 1.807) is 55.5 Å². The molecule has 0 aliphatic heterocycles. The molecule has 2 rings (SSSR count). The lowest BCUT2D eigenvalue weighted by Crippen LogP contribution is -1.98. The van der Waals surface area contributed by atoms with Gasteiger partial charge in [0.05, 0.1) is 4.99 Å². The maximum Gasteiger partial charge on any atom is 0.115 e. The Morgan fingerprint density at radius 1 is 0.833 bits per heavy atom. The van der Waals surface area contributed by atoms with Crippen LogP contribution in [0.2, 0.25) is 0 Å². The Labute approximate surface area is 113 Å². The van der Waals surface area contributed by atoms with E-state index < -0.39 is 0 Å². The van der Waals surface area contributed by atoms with Gasteiger partial charge in [0.25, 0.3) is 0 Å². The van der Waals surface area contributed by atoms with E-state index in [2.05, 4.69) is 12.2 Å². The first-order valence-electron chi connectivity index (χ1n) is 5.26. The number of nitrogens with two attached hydrogens (primary N) is 1. The molecule has 4 N–H and O–H groups in total. The smallest absolute Gasteiger partial charge is 0.115 e. The van der Waals surface area contributed by atoms with E-state index in [1.807, 2.05) is 12.1 Å². The standard InChI is InChI=1S/2C6H6O.C2H5NS/c2*7-6-4-2-1-3-5-6;1-2(3)4/h2*1-5,7H;1H3,(H2,3,4). The van der Waals surface area contributed by atoms with Crippen LogP contribution in [0.5, 0.6) is 11.5 Å². The van der Waals surface area contributed by atoms with Gasteiger partial charge < -0.3 is 15.9 Å². The van der Waals surface area contributed by atoms with Crippen LogP contribution in [-0.2, 0) is 0 Å². The minimum absolute atomic E-state index is 0.322. The third kappa shape index (κ3) is 12.0. The molecular formula is C14H17NO2S. The Bertz CT molecular complexity index is 391. The van der Waals surface area contributed by atoms with Crippen LogP contribution in [-0.4, -0.2) is 15.2 Å². The predicted octanol–water partition coefficient (Wildman–Crippen LogP) is 3.08. The molecule has 96 valence electrons. The molecule has 0 heterocycles. The van der Waals surface area contributed by atoms with E-state index in [4.69, 9.17) is 15.9 Å². The fourth-order valence-corrected chi connectivity index (χ4v) is 0.856. The van der Waals surface area contributed by atoms with Crippen LogP contribution in [0.1, 0.15) is 6.92 Å². The van der Waals surface area contributed by atoms with Gasteiger partial charge in [0.2, 0.25) is 0 Å². The fourth-order valence-electron chi connectivity index (χ4n) is 0.856. The molecular weight excluding hydrogens is 246 g/mol. The summed E-state index contributed by atoms with van der Waals surface area (Å²) in [4.78, 5) is 0.500. The highest BCUT2D eigenvalue weighted by molar-refractivity contribution is 7.80. The largest absolute Gasteiger partial charge is 0.508 e. The third-order valence-corrected chi connectivity index (χ3v) is 1.51. The zero-order valence-electron chi connectivity index (χ0n) is 10.2. The van der Waals surface area contributed by atoms with Crippen LogP contribution in [0, 0.1) is 0 Å². The lowest BCUT2D eigenvalue weighted by molar-refractivity contribution is 0.475. The molecule has 3 nitrogen and oxygen atoms in total. The van der Waals surface area contributed by atoms with Crippen LogP contribution >= 0.6 is 12.2 Å². The van der Waals surface area contributed by atoms with Crippen LogP contribution in [0.3, 0.4) is 0 Å². The summed E-state index contributed by atoms with van der Waals surface area (Å²) in [6.45, 7) is 1.68. The Morgan fingerprint density at radius 2 is 1.06 bits per heavy atom. The second-order valence-corrected chi connectivity index (χ2v) is 3.93. The van der Waals surface area contributed by atoms with Gasteiger partial charge >= 0.3 is 0 Å². The number of rotatable bonds is 0. The van der Waals surface area contributed by atoms with E-state index >= 15 is 0 Å². The molecule has 0 fully saturated rings. The normalized spacial score (nSPS) is 8.06. The SMILES string of the molecule is CC(N)=S.Oc1ccccc1.Oc1ccccc1. The van der Waals surface area contributed by atoms with Crippen LogP contribution in [0.4, 0.5) is 0 Å². The fraction of sp³-hybridized carbons (Fsp3) is 0.0714. The highest BCUT2D eigenvalue weighted by Crippen LogP contribution is 2.03. The van der Waals surface area contributed by atoms with Crippen LogP contribution < -0.4 is 5.73 Å². The van der Waals surface area contributed by atoms with Crippen molar-refractivity contribution in [2.24, 2.45) is 5.73 Å². The van der Waals surface area contributed by atoms with Crippen molar-refractivity contribution >= 4 is 17.2 Å². The summed E-state index contributed by atoms with van der Waals surface area (Å²) in [6, 6.07) is 17.4. The highest BCUT2D eigenvalue weighted by Gasteiger charge is 1.75. The molecule has 0 radical (unpaired) electrons. The maximum atomic E-state index is 8.63. The van der Waals surface area contributed by atoms with Gasteiger partial charge in [0.15, 0.2) is 0 Å². The number of aromatic hydroxyl groups is 2. The molecule has 4 heteroatoms. The lowest BCUT2D eigenvalue weighted by atomic mass is 10.3. The van der Waals surface area contributed by atoms with Gasteiger partial charge in [0.1, 0.15) is 11.5 Å². The highest BCUT2D eigenvalue weighted by atomic mass is 32.1. The average molecular weight is 263 g/mol. The summed E-state index contributed by atoms with van der Waals surface area (Å²) in [5.74, 6) is 0.644. The number of phenols is 2. The van der Waals surface area contributed by atoms with Crippen molar-refractivity contribution in [3.63, 3.8) is 0 Å². The van der Waals surface area contributed by atoms with Gasteiger partial charge in [-0.05, 0) is 31.2 Å². The zero-order valence-corrected chi connectivity index (χ0v) is 11.0. The molecule has 0 amide bonds. The number of phenolic OH excluding ortho intramolecular Hbond substituents is 2. The summed E-state index contributed by atoms with van der Waals surface area (Å²) >= 11 is 4.31. The molecule has 0 aromatic heterocycles. The lowest BCUT2D eigenvalue weighted by Gasteiger charge is -1.82. The van der Waals surface area contributed by atoms with Crippen molar-refractivity contribution in [1.29, 1.82) is 0 Å². The van der Waals surface area contributed by atoms with Gasteiger partial charge in [0, 0.05) is 0 Å². The quantitative estimate of drug-likeness (QED) is 0.639. The Morgan fingerprint density at radius 3 is 1.17 bits per heavy atom. The summed E-state index contributed by atoms with van der Waals surface area (Å²) in [6.07, 6.45) is 0. The monoisotopic (exact) mass is 263 g/mol. The Balaban J connectivity index is 0.000000253. The molecule has 0 unspecified atom stereocenters. The summed E-state index contributed by atoms with van der Waals surface area (Å²) in [5.41, 5.74) is 4.84. The first-order chi connectivity index (χ1) is 8.52. The number of hydrogen-bond acceptors (Lipinski definition) is 3. The van der Waals surface area contributed by atoms with Crippen molar-refractivity contribution < 1.29 is 10.2 Å². The van der Waals surface area contributed by atoms with Crippen molar-refractivity contribution in [2.75, 3.05) is 0 Å². The second-order valence-electron chi connectivity index (χ2n) is 3.28. The molecule has 0 bridgehead atoms. The minimum Gasteiger partial charge on any atom is -0.508 e. The maximum absolute atomic E-state index is 8.63. The second kappa shape index (κ2) is 10.1. The summed E-state index contributed by atoms with van der Waals surface area (Å²) < 4.78 is 0. The van der Waals surface area contributed by atoms with Crippen molar-refractivity contribution in [3.8, 4) is 11.5 Å². The van der Waals surface area contributed by atoms with E-state index in [9.17, 15) is 0 Å². The Kier molecular flexibility index (Phi) is 8.95. The minimum atomic E-state index is 0.322. The van der Waals surface area contributed by atoms with Crippen molar-refractivity contribution in [1.82, 2.24) is 0 Å². The van der Waals surface area contributed by atoms with E-state index in [0.29, 0.717) is 16.5 Å². The molecule has 0 aliphatic carbocycles. The van der Waals surface area contributed by atoms with Crippen molar-refractivity contribution in [2.45, 2.75) is 6.92 Å². The summed E-state index contributed by atoms with van der Waals surface area (Å²) in [5, 5.41) is 17.3. The first-order valence-corrected chi connectivity index (χ1v) is 5.67. The van der Waals surface area contributed by atoms with Gasteiger partial charge in [-0.1, -0.05) is 48.6 Å². The zero-order chi connectivity index (χ0) is 13.8. The third-order valence-electron chi connectivity index (χ3n) is 1.51. The van der Waals surface area contributed by atoms with E-state index in [0.717, 1.165) is 0 Å². The van der Waals surface area contributed by atoms with Gasteiger partial charge in [-0.2, -0.15) is 0 Å².